The van der Waals surface area contributed by atoms with Crippen molar-refractivity contribution < 1.29 is 28.2 Å². The Hall–Kier alpha value is -2.76. The van der Waals surface area contributed by atoms with Crippen LogP contribution in [0.3, 0.4) is 0 Å². The zero-order valence-corrected chi connectivity index (χ0v) is 13.7. The largest absolute Gasteiger partial charge is 0.489 e. The molecular formula is C18H18O6. The number of rotatable bonds is 4. The summed E-state index contributed by atoms with van der Waals surface area (Å²) in [5.74, 6) is -0.0499. The topological polar surface area (TPSA) is 75.0 Å². The Morgan fingerprint density at radius 2 is 1.92 bits per heavy atom. The highest BCUT2D eigenvalue weighted by molar-refractivity contribution is 5.94. The molecular weight excluding hydrogens is 312 g/mol. The minimum Gasteiger partial charge on any atom is -0.489 e. The minimum atomic E-state index is -0.540. The normalized spacial score (nSPS) is 18.6. The lowest BCUT2D eigenvalue weighted by Gasteiger charge is -2.09. The molecule has 3 rings (SSSR count). The maximum absolute atomic E-state index is 12.4. The average molecular weight is 330 g/mol. The van der Waals surface area contributed by atoms with Crippen molar-refractivity contribution in [2.45, 2.75) is 32.5 Å². The summed E-state index contributed by atoms with van der Waals surface area (Å²) in [6.07, 6.45) is 1.35. The number of carbonyl (C=O) groups excluding carboxylic acids is 2. The van der Waals surface area contributed by atoms with Gasteiger partial charge in [0.1, 0.15) is 23.0 Å². The van der Waals surface area contributed by atoms with Crippen LogP contribution in [-0.4, -0.2) is 25.2 Å². The molecule has 1 aromatic heterocycles. The van der Waals surface area contributed by atoms with Crippen LogP contribution in [-0.2, 0) is 16.1 Å². The first-order chi connectivity index (χ1) is 11.5. The number of benzene rings is 1. The Morgan fingerprint density at radius 1 is 1.12 bits per heavy atom. The van der Waals surface area contributed by atoms with Crippen LogP contribution in [0.5, 0.6) is 5.75 Å². The Morgan fingerprint density at radius 3 is 2.67 bits per heavy atom. The Kier molecular flexibility index (Phi) is 4.29. The lowest BCUT2D eigenvalue weighted by molar-refractivity contribution is 0.0427. The molecule has 2 atom stereocenters. The monoisotopic (exact) mass is 330 g/mol. The van der Waals surface area contributed by atoms with Crippen molar-refractivity contribution >= 4 is 11.9 Å². The molecule has 0 fully saturated rings. The van der Waals surface area contributed by atoms with Crippen molar-refractivity contribution in [1.82, 2.24) is 0 Å². The van der Waals surface area contributed by atoms with Gasteiger partial charge in [-0.05, 0) is 19.1 Å². The van der Waals surface area contributed by atoms with Gasteiger partial charge in [0.2, 0.25) is 0 Å². The SMILES string of the molecule is COC(=O)c1ccoc1COC(=O)c1cccc2c1O[C@H](C)[C@H]2C. The molecule has 2 aromatic rings. The fraction of sp³-hybridized carbons (Fsp3) is 0.333. The van der Waals surface area contributed by atoms with E-state index < -0.39 is 11.9 Å². The van der Waals surface area contributed by atoms with Crippen LogP contribution in [0, 0.1) is 0 Å². The second kappa shape index (κ2) is 6.39. The number of esters is 2. The maximum atomic E-state index is 12.4. The van der Waals surface area contributed by atoms with Gasteiger partial charge in [-0.3, -0.25) is 0 Å². The first-order valence-corrected chi connectivity index (χ1v) is 7.64. The zero-order chi connectivity index (χ0) is 17.3. The molecule has 24 heavy (non-hydrogen) atoms. The molecule has 1 aliphatic heterocycles. The van der Waals surface area contributed by atoms with Crippen LogP contribution in [0.1, 0.15) is 51.8 Å². The summed E-state index contributed by atoms with van der Waals surface area (Å²) < 4.78 is 20.9. The first-order valence-electron chi connectivity index (χ1n) is 7.64. The van der Waals surface area contributed by atoms with E-state index in [0.29, 0.717) is 11.3 Å². The van der Waals surface area contributed by atoms with Crippen LogP contribution in [0.2, 0.25) is 0 Å². The number of para-hydroxylation sites is 1. The first kappa shape index (κ1) is 16.1. The van der Waals surface area contributed by atoms with E-state index in [-0.39, 0.29) is 30.0 Å². The predicted molar refractivity (Wildman–Crippen MR) is 84.1 cm³/mol. The van der Waals surface area contributed by atoms with Crippen LogP contribution in [0.15, 0.2) is 34.9 Å². The second-order valence-corrected chi connectivity index (χ2v) is 5.66. The van der Waals surface area contributed by atoms with E-state index in [2.05, 4.69) is 11.7 Å². The molecule has 0 radical (unpaired) electrons. The van der Waals surface area contributed by atoms with Crippen LogP contribution >= 0.6 is 0 Å². The molecule has 6 heteroatoms. The molecule has 0 amide bonds. The molecule has 6 nitrogen and oxygen atoms in total. The third kappa shape index (κ3) is 2.75. The summed E-state index contributed by atoms with van der Waals surface area (Å²) in [7, 11) is 1.28. The summed E-state index contributed by atoms with van der Waals surface area (Å²) in [6.45, 7) is 3.85. The number of methoxy groups -OCH3 is 1. The molecule has 2 heterocycles. The van der Waals surface area contributed by atoms with E-state index in [0.717, 1.165) is 5.56 Å². The van der Waals surface area contributed by atoms with E-state index in [4.69, 9.17) is 13.9 Å². The smallest absolute Gasteiger partial charge is 0.342 e. The Labute approximate surface area is 139 Å². The average Bonchev–Trinajstić information content (AvgIpc) is 3.17. The van der Waals surface area contributed by atoms with Crippen molar-refractivity contribution in [3.05, 3.63) is 53.0 Å². The van der Waals surface area contributed by atoms with Crippen molar-refractivity contribution in [3.8, 4) is 5.75 Å². The second-order valence-electron chi connectivity index (χ2n) is 5.66. The molecule has 0 aliphatic carbocycles. The lowest BCUT2D eigenvalue weighted by atomic mass is 9.97. The summed E-state index contributed by atoms with van der Waals surface area (Å²) >= 11 is 0. The van der Waals surface area contributed by atoms with E-state index in [1.54, 1.807) is 12.1 Å². The fourth-order valence-corrected chi connectivity index (χ4v) is 2.70. The van der Waals surface area contributed by atoms with Crippen LogP contribution < -0.4 is 4.74 Å². The molecule has 0 unspecified atom stereocenters. The lowest BCUT2D eigenvalue weighted by Crippen LogP contribution is -2.12. The molecule has 126 valence electrons. The van der Waals surface area contributed by atoms with Gasteiger partial charge in [0.25, 0.3) is 0 Å². The molecule has 1 aliphatic rings. The maximum Gasteiger partial charge on any atom is 0.342 e. The van der Waals surface area contributed by atoms with Gasteiger partial charge in [0.15, 0.2) is 12.4 Å². The van der Waals surface area contributed by atoms with E-state index in [9.17, 15) is 9.59 Å². The van der Waals surface area contributed by atoms with Gasteiger partial charge in [-0.25, -0.2) is 9.59 Å². The summed E-state index contributed by atoms with van der Waals surface area (Å²) in [5.41, 5.74) is 1.60. The summed E-state index contributed by atoms with van der Waals surface area (Å²) in [5, 5.41) is 0. The van der Waals surface area contributed by atoms with Gasteiger partial charge in [-0.15, -0.1) is 0 Å². The highest BCUT2D eigenvalue weighted by atomic mass is 16.5. The van der Waals surface area contributed by atoms with Gasteiger partial charge in [-0.2, -0.15) is 0 Å². The molecule has 0 bridgehead atoms. The molecule has 0 saturated heterocycles. The number of hydrogen-bond acceptors (Lipinski definition) is 6. The van der Waals surface area contributed by atoms with Crippen LogP contribution in [0.25, 0.3) is 0 Å². The van der Waals surface area contributed by atoms with Gasteiger partial charge in [0.05, 0.1) is 13.4 Å². The number of ether oxygens (including phenoxy) is 3. The van der Waals surface area contributed by atoms with Gasteiger partial charge in [0, 0.05) is 11.5 Å². The third-order valence-electron chi connectivity index (χ3n) is 4.25. The summed E-state index contributed by atoms with van der Waals surface area (Å²) in [4.78, 5) is 24.0. The number of hydrogen-bond donors (Lipinski definition) is 0. The van der Waals surface area contributed by atoms with Gasteiger partial charge < -0.3 is 18.6 Å². The number of fused-ring (bicyclic) bond motifs is 1. The zero-order valence-electron chi connectivity index (χ0n) is 13.7. The fourth-order valence-electron chi connectivity index (χ4n) is 2.70. The van der Waals surface area contributed by atoms with E-state index in [1.165, 1.54) is 19.4 Å². The minimum absolute atomic E-state index is 0.00458. The number of furan rings is 1. The third-order valence-corrected chi connectivity index (χ3v) is 4.25. The molecule has 1 aromatic carbocycles. The van der Waals surface area contributed by atoms with Crippen LogP contribution in [0.4, 0.5) is 0 Å². The van der Waals surface area contributed by atoms with Gasteiger partial charge >= 0.3 is 11.9 Å². The quantitative estimate of drug-likeness (QED) is 0.801. The van der Waals surface area contributed by atoms with Gasteiger partial charge in [-0.1, -0.05) is 19.1 Å². The Balaban J connectivity index is 1.76. The predicted octanol–water partition coefficient (Wildman–Crippen LogP) is 3.31. The highest BCUT2D eigenvalue weighted by Gasteiger charge is 2.31. The number of carbonyl (C=O) groups is 2. The van der Waals surface area contributed by atoms with Crippen molar-refractivity contribution in [2.24, 2.45) is 0 Å². The molecule has 0 spiro atoms. The van der Waals surface area contributed by atoms with Crippen molar-refractivity contribution in [1.29, 1.82) is 0 Å². The standard InChI is InChI=1S/C18H18O6/c1-10-11(2)24-16-12(10)5-4-6-14(16)18(20)23-9-15-13(7-8-22-15)17(19)21-3/h4-8,10-11H,9H2,1-3H3/t10-,11-/m1/s1. The highest BCUT2D eigenvalue weighted by Crippen LogP contribution is 2.40. The van der Waals surface area contributed by atoms with Crippen molar-refractivity contribution in [2.75, 3.05) is 7.11 Å². The molecule has 0 N–H and O–H groups in total. The molecule has 0 saturated carbocycles. The van der Waals surface area contributed by atoms with Crippen molar-refractivity contribution in [3.63, 3.8) is 0 Å². The Bertz CT molecular complexity index is 776. The summed E-state index contributed by atoms with van der Waals surface area (Å²) in [6, 6.07) is 6.89. The van der Waals surface area contributed by atoms with E-state index in [1.807, 2.05) is 13.0 Å². The van der Waals surface area contributed by atoms with E-state index >= 15 is 0 Å².